The van der Waals surface area contributed by atoms with Crippen molar-refractivity contribution < 1.29 is 13.5 Å². The van der Waals surface area contributed by atoms with Gasteiger partial charge in [-0.25, -0.2) is 0 Å². The Hall–Kier alpha value is -1.67. The van der Waals surface area contributed by atoms with E-state index >= 15 is 0 Å². The van der Waals surface area contributed by atoms with Crippen molar-refractivity contribution in [2.75, 3.05) is 6.54 Å². The lowest BCUT2D eigenvalue weighted by Crippen LogP contribution is -2.22. The molecule has 0 saturated carbocycles. The van der Waals surface area contributed by atoms with E-state index in [4.69, 9.17) is 5.26 Å². The van der Waals surface area contributed by atoms with Crippen LogP contribution in [0, 0.1) is 11.3 Å². The number of ether oxygens (including phenoxy) is 1. The van der Waals surface area contributed by atoms with Gasteiger partial charge in [0.25, 0.3) is 0 Å². The summed E-state index contributed by atoms with van der Waals surface area (Å²) in [6, 6.07) is 8.41. The monoisotopic (exact) mass is 240 g/mol. The van der Waals surface area contributed by atoms with Crippen LogP contribution in [0.1, 0.15) is 24.9 Å². The molecule has 1 aromatic rings. The molecule has 0 aliphatic carbocycles. The molecule has 0 spiro atoms. The summed E-state index contributed by atoms with van der Waals surface area (Å²) >= 11 is 0. The van der Waals surface area contributed by atoms with Crippen molar-refractivity contribution in [1.82, 2.24) is 5.32 Å². The topological polar surface area (TPSA) is 45.0 Å². The average molecular weight is 240 g/mol. The molecule has 0 heterocycles. The minimum atomic E-state index is -2.84. The summed E-state index contributed by atoms with van der Waals surface area (Å²) in [6.45, 7) is -0.764. The lowest BCUT2D eigenvalue weighted by molar-refractivity contribution is -0.0507. The van der Waals surface area contributed by atoms with E-state index in [-0.39, 0.29) is 18.3 Å². The second-order valence-electron chi connectivity index (χ2n) is 3.42. The van der Waals surface area contributed by atoms with Crippen LogP contribution >= 0.6 is 0 Å². The van der Waals surface area contributed by atoms with E-state index in [9.17, 15) is 8.78 Å². The molecule has 1 N–H and O–H groups in total. The Morgan fingerprint density at radius 2 is 2.12 bits per heavy atom. The van der Waals surface area contributed by atoms with Gasteiger partial charge in [0.2, 0.25) is 0 Å². The molecular weight excluding hydrogens is 226 g/mol. The molecule has 1 rings (SSSR count). The second kappa shape index (κ2) is 6.81. The summed E-state index contributed by atoms with van der Waals surface area (Å²) in [5.41, 5.74) is 0.644. The summed E-state index contributed by atoms with van der Waals surface area (Å²) < 4.78 is 28.9. The first-order chi connectivity index (χ1) is 8.19. The molecule has 3 nitrogen and oxygen atoms in total. The lowest BCUT2D eigenvalue weighted by atomic mass is 10.0. The van der Waals surface area contributed by atoms with Crippen LogP contribution in [0.5, 0.6) is 5.75 Å². The molecule has 0 radical (unpaired) electrons. The fourth-order valence-electron chi connectivity index (χ4n) is 1.61. The van der Waals surface area contributed by atoms with Crippen LogP contribution in [-0.4, -0.2) is 13.2 Å². The van der Waals surface area contributed by atoms with E-state index in [1.54, 1.807) is 18.2 Å². The number of hydrogen-bond acceptors (Lipinski definition) is 3. The zero-order valence-corrected chi connectivity index (χ0v) is 9.49. The average Bonchev–Trinajstić information content (AvgIpc) is 2.31. The fourth-order valence-corrected chi connectivity index (χ4v) is 1.61. The van der Waals surface area contributed by atoms with Gasteiger partial charge >= 0.3 is 6.61 Å². The Labute approximate surface area is 99.0 Å². The van der Waals surface area contributed by atoms with Crippen LogP contribution in [0.15, 0.2) is 24.3 Å². The number of hydrogen-bond donors (Lipinski definition) is 1. The van der Waals surface area contributed by atoms with Crippen LogP contribution in [0.2, 0.25) is 0 Å². The van der Waals surface area contributed by atoms with Crippen molar-refractivity contribution in [2.45, 2.75) is 26.0 Å². The Balaban J connectivity index is 2.89. The molecule has 92 valence electrons. The SMILES string of the molecule is CC[C@H](NCC#N)c1ccccc1OC(F)F. The van der Waals surface area contributed by atoms with Crippen LogP contribution < -0.4 is 10.1 Å². The van der Waals surface area contributed by atoms with Crippen molar-refractivity contribution in [3.8, 4) is 11.8 Å². The Kier molecular flexibility index (Phi) is 5.37. The number of rotatable bonds is 6. The van der Waals surface area contributed by atoms with Gasteiger partial charge in [0.05, 0.1) is 12.6 Å². The van der Waals surface area contributed by atoms with Gasteiger partial charge in [-0.15, -0.1) is 0 Å². The summed E-state index contributed by atoms with van der Waals surface area (Å²) in [5.74, 6) is 0.153. The molecule has 0 aromatic heterocycles. The molecule has 0 bridgehead atoms. The predicted molar refractivity (Wildman–Crippen MR) is 59.7 cm³/mol. The summed E-state index contributed by atoms with van der Waals surface area (Å²) in [7, 11) is 0. The summed E-state index contributed by atoms with van der Waals surface area (Å²) in [5, 5.41) is 11.5. The van der Waals surface area contributed by atoms with Gasteiger partial charge in [0.15, 0.2) is 0 Å². The third-order valence-corrected chi connectivity index (χ3v) is 2.35. The maximum Gasteiger partial charge on any atom is 0.387 e. The quantitative estimate of drug-likeness (QED) is 0.777. The van der Waals surface area contributed by atoms with Crippen molar-refractivity contribution in [3.63, 3.8) is 0 Å². The zero-order valence-electron chi connectivity index (χ0n) is 9.49. The number of nitriles is 1. The van der Waals surface area contributed by atoms with Crippen LogP contribution in [0.4, 0.5) is 8.78 Å². The van der Waals surface area contributed by atoms with Crippen LogP contribution in [0.3, 0.4) is 0 Å². The Morgan fingerprint density at radius 1 is 1.41 bits per heavy atom. The highest BCUT2D eigenvalue weighted by molar-refractivity contribution is 5.36. The maximum atomic E-state index is 12.2. The molecule has 17 heavy (non-hydrogen) atoms. The lowest BCUT2D eigenvalue weighted by Gasteiger charge is -2.19. The first-order valence-corrected chi connectivity index (χ1v) is 5.33. The van der Waals surface area contributed by atoms with E-state index < -0.39 is 6.61 Å². The first-order valence-electron chi connectivity index (χ1n) is 5.33. The molecule has 0 amide bonds. The van der Waals surface area contributed by atoms with E-state index in [2.05, 4.69) is 10.1 Å². The number of benzene rings is 1. The van der Waals surface area contributed by atoms with Gasteiger partial charge in [-0.1, -0.05) is 25.1 Å². The summed E-state index contributed by atoms with van der Waals surface area (Å²) in [6.07, 6.45) is 0.686. The Bertz CT molecular complexity index is 390. The van der Waals surface area contributed by atoms with Crippen LogP contribution in [0.25, 0.3) is 0 Å². The molecule has 0 fully saturated rings. The van der Waals surface area contributed by atoms with E-state index in [0.717, 1.165) is 0 Å². The number of halogens is 2. The highest BCUT2D eigenvalue weighted by Crippen LogP contribution is 2.28. The smallest absolute Gasteiger partial charge is 0.387 e. The third kappa shape index (κ3) is 4.00. The van der Waals surface area contributed by atoms with Crippen molar-refractivity contribution in [2.24, 2.45) is 0 Å². The largest absolute Gasteiger partial charge is 0.434 e. The molecule has 0 aliphatic rings. The molecule has 1 atom stereocenters. The van der Waals surface area contributed by atoms with E-state index in [1.165, 1.54) is 6.07 Å². The van der Waals surface area contributed by atoms with Gasteiger partial charge < -0.3 is 4.74 Å². The van der Waals surface area contributed by atoms with Gasteiger partial charge in [0, 0.05) is 11.6 Å². The van der Waals surface area contributed by atoms with Crippen molar-refractivity contribution in [1.29, 1.82) is 5.26 Å². The third-order valence-electron chi connectivity index (χ3n) is 2.35. The molecule has 0 saturated heterocycles. The van der Waals surface area contributed by atoms with Crippen molar-refractivity contribution >= 4 is 0 Å². The highest BCUT2D eigenvalue weighted by Gasteiger charge is 2.15. The van der Waals surface area contributed by atoms with E-state index in [0.29, 0.717) is 12.0 Å². The molecule has 1 aromatic carbocycles. The number of nitrogens with zero attached hydrogens (tertiary/aromatic N) is 1. The minimum absolute atomic E-state index is 0.153. The van der Waals surface area contributed by atoms with Gasteiger partial charge in [-0.05, 0) is 12.5 Å². The van der Waals surface area contributed by atoms with Crippen LogP contribution in [-0.2, 0) is 0 Å². The molecule has 0 aliphatic heterocycles. The number of alkyl halides is 2. The van der Waals surface area contributed by atoms with Crippen molar-refractivity contribution in [3.05, 3.63) is 29.8 Å². The second-order valence-corrected chi connectivity index (χ2v) is 3.42. The summed E-state index contributed by atoms with van der Waals surface area (Å²) in [4.78, 5) is 0. The predicted octanol–water partition coefficient (Wildman–Crippen LogP) is 2.85. The fraction of sp³-hybridized carbons (Fsp3) is 0.417. The molecule has 5 heteroatoms. The van der Waals surface area contributed by atoms with E-state index in [1.807, 2.05) is 13.0 Å². The first kappa shape index (κ1) is 13.4. The zero-order chi connectivity index (χ0) is 12.7. The molecular formula is C12H14F2N2O. The molecule has 0 unspecified atom stereocenters. The Morgan fingerprint density at radius 3 is 2.71 bits per heavy atom. The number of nitrogens with one attached hydrogen (secondary N) is 1. The van der Waals surface area contributed by atoms with Gasteiger partial charge in [-0.2, -0.15) is 14.0 Å². The van der Waals surface area contributed by atoms with Gasteiger partial charge in [-0.3, -0.25) is 5.32 Å². The minimum Gasteiger partial charge on any atom is -0.434 e. The standard InChI is InChI=1S/C12H14F2N2O/c1-2-10(16-8-7-15)9-5-3-4-6-11(9)17-12(13)14/h3-6,10,12,16H,2,8H2,1H3/t10-/m0/s1. The number of para-hydroxylation sites is 1. The van der Waals surface area contributed by atoms with Gasteiger partial charge in [0.1, 0.15) is 5.75 Å². The highest BCUT2D eigenvalue weighted by atomic mass is 19.3. The normalized spacial score (nSPS) is 12.2. The maximum absolute atomic E-state index is 12.2.